The highest BCUT2D eigenvalue weighted by Crippen LogP contribution is 2.30. The molecule has 0 N–H and O–H groups in total. The molecular weight excluding hydrogens is 320 g/mol. The summed E-state index contributed by atoms with van der Waals surface area (Å²) in [6.45, 7) is 18.3. The Labute approximate surface area is 146 Å². The molecule has 1 aromatic heterocycles. The first kappa shape index (κ1) is 19.0. The third kappa shape index (κ3) is 3.99. The summed E-state index contributed by atoms with van der Waals surface area (Å²) in [6, 6.07) is 0. The van der Waals surface area contributed by atoms with E-state index in [1.165, 1.54) is 11.0 Å². The fraction of sp³-hybridized carbons (Fsp3) is 0.824. The van der Waals surface area contributed by atoms with Crippen LogP contribution < -0.4 is 5.32 Å². The molecule has 0 aliphatic carbocycles. The molecule has 1 aliphatic heterocycles. The van der Waals surface area contributed by atoms with Gasteiger partial charge in [0.2, 0.25) is 0 Å². The maximum atomic E-state index is 12.2. The van der Waals surface area contributed by atoms with Gasteiger partial charge in [-0.15, -0.1) is 5.10 Å². The molecule has 7 heteroatoms. The summed E-state index contributed by atoms with van der Waals surface area (Å²) in [5.74, 6) is 0. The van der Waals surface area contributed by atoms with Crippen molar-refractivity contribution in [2.24, 2.45) is 0 Å². The first-order valence-corrected chi connectivity index (χ1v) is 12.2. The zero-order valence-corrected chi connectivity index (χ0v) is 17.4. The Hall–Kier alpha value is -1.37. The largest absolute Gasteiger partial charge is 0.444 e. The monoisotopic (exact) mass is 352 g/mol. The topological polar surface area (TPSA) is 60.2 Å². The zero-order valence-electron chi connectivity index (χ0n) is 16.4. The lowest BCUT2D eigenvalue weighted by Gasteiger charge is -2.40. The van der Waals surface area contributed by atoms with Gasteiger partial charge in [0.15, 0.2) is 0 Å². The first-order chi connectivity index (χ1) is 10.8. The fourth-order valence-corrected chi connectivity index (χ4v) is 4.78. The van der Waals surface area contributed by atoms with Gasteiger partial charge in [0, 0.05) is 13.1 Å². The van der Waals surface area contributed by atoms with Crippen LogP contribution >= 0.6 is 0 Å². The van der Waals surface area contributed by atoms with Gasteiger partial charge in [0.25, 0.3) is 0 Å². The smallest absolute Gasteiger partial charge is 0.410 e. The van der Waals surface area contributed by atoms with Gasteiger partial charge >= 0.3 is 6.09 Å². The number of likely N-dealkylation sites (tertiary alicyclic amines) is 1. The van der Waals surface area contributed by atoms with E-state index in [1.807, 2.05) is 20.8 Å². The van der Waals surface area contributed by atoms with Crippen molar-refractivity contribution in [3.05, 3.63) is 5.69 Å². The predicted molar refractivity (Wildman–Crippen MR) is 98.4 cm³/mol. The Morgan fingerprint density at radius 2 is 1.75 bits per heavy atom. The summed E-state index contributed by atoms with van der Waals surface area (Å²) in [5.41, 5.74) is 0.641. The molecule has 2 rings (SSSR count). The number of hydrogen-bond acceptors (Lipinski definition) is 4. The van der Waals surface area contributed by atoms with Crippen LogP contribution in [-0.4, -0.2) is 52.8 Å². The lowest BCUT2D eigenvalue weighted by molar-refractivity contribution is 0.0117. The van der Waals surface area contributed by atoms with E-state index in [0.717, 1.165) is 12.8 Å². The average molecular weight is 353 g/mol. The third-order valence-corrected chi connectivity index (χ3v) is 6.49. The molecule has 24 heavy (non-hydrogen) atoms. The van der Waals surface area contributed by atoms with Crippen LogP contribution in [0.2, 0.25) is 19.6 Å². The van der Waals surface area contributed by atoms with Crippen LogP contribution in [0.4, 0.5) is 4.79 Å². The van der Waals surface area contributed by atoms with Crippen molar-refractivity contribution in [2.75, 3.05) is 13.1 Å². The quantitative estimate of drug-likeness (QED) is 0.768. The molecule has 1 aliphatic rings. The van der Waals surface area contributed by atoms with Crippen molar-refractivity contribution in [3.63, 3.8) is 0 Å². The molecule has 0 saturated carbocycles. The Bertz CT molecular complexity index is 605. The number of carbonyl (C=O) groups excluding carboxylic acids is 1. The molecule has 1 aromatic rings. The number of hydrogen-bond donors (Lipinski definition) is 0. The Kier molecular flexibility index (Phi) is 4.87. The van der Waals surface area contributed by atoms with Crippen molar-refractivity contribution in [3.8, 4) is 0 Å². The van der Waals surface area contributed by atoms with E-state index in [1.54, 1.807) is 4.90 Å². The number of piperidine rings is 1. The molecule has 0 spiro atoms. The second-order valence-electron chi connectivity index (χ2n) is 9.15. The van der Waals surface area contributed by atoms with Crippen molar-refractivity contribution in [1.82, 2.24) is 19.9 Å². The molecule has 1 saturated heterocycles. The molecule has 1 amide bonds. The Morgan fingerprint density at radius 1 is 1.21 bits per heavy atom. The lowest BCUT2D eigenvalue weighted by atomic mass is 9.89. The standard InChI is InChI=1S/C17H32N4O2Si/c1-13-14(24(6,7)8)18-19-21(13)17(5)9-11-20(12-10-17)15(22)23-16(2,3)4/h9-12H2,1-8H3. The number of rotatable bonds is 2. The molecule has 0 bridgehead atoms. The molecule has 0 atom stereocenters. The first-order valence-electron chi connectivity index (χ1n) is 8.75. The van der Waals surface area contributed by atoms with Crippen molar-refractivity contribution < 1.29 is 9.53 Å². The van der Waals surface area contributed by atoms with Crippen LogP contribution in [0.15, 0.2) is 0 Å². The third-order valence-electron chi connectivity index (χ3n) is 4.61. The molecule has 6 nitrogen and oxygen atoms in total. The molecule has 2 heterocycles. The van der Waals surface area contributed by atoms with Gasteiger partial charge in [-0.05, 0) is 47.5 Å². The Morgan fingerprint density at radius 3 is 2.17 bits per heavy atom. The Balaban J connectivity index is 2.10. The molecule has 136 valence electrons. The number of carbonyl (C=O) groups is 1. The summed E-state index contributed by atoms with van der Waals surface area (Å²) in [4.78, 5) is 14.0. The molecule has 0 aromatic carbocycles. The number of aromatic nitrogens is 3. The summed E-state index contributed by atoms with van der Waals surface area (Å²) in [7, 11) is -1.49. The average Bonchev–Trinajstić information content (AvgIpc) is 2.80. The highest BCUT2D eigenvalue weighted by Gasteiger charge is 2.38. The van der Waals surface area contributed by atoms with Crippen molar-refractivity contribution in [1.29, 1.82) is 0 Å². The van der Waals surface area contributed by atoms with E-state index in [0.29, 0.717) is 13.1 Å². The number of nitrogens with zero attached hydrogens (tertiary/aromatic N) is 4. The van der Waals surface area contributed by atoms with E-state index in [2.05, 4.69) is 48.5 Å². The van der Waals surface area contributed by atoms with Gasteiger partial charge in [-0.25, -0.2) is 9.48 Å². The summed E-state index contributed by atoms with van der Waals surface area (Å²) in [5, 5.41) is 10.1. The molecular formula is C17H32N4O2Si. The summed E-state index contributed by atoms with van der Waals surface area (Å²) in [6.07, 6.45) is 1.51. The normalized spacial score (nSPS) is 18.6. The van der Waals surface area contributed by atoms with E-state index >= 15 is 0 Å². The predicted octanol–water partition coefficient (Wildman–Crippen LogP) is 2.88. The van der Waals surface area contributed by atoms with E-state index in [-0.39, 0.29) is 11.6 Å². The minimum absolute atomic E-state index is 0.0898. The maximum Gasteiger partial charge on any atom is 0.410 e. The highest BCUT2D eigenvalue weighted by molar-refractivity contribution is 6.88. The van der Waals surface area contributed by atoms with Crippen LogP contribution in [-0.2, 0) is 10.3 Å². The van der Waals surface area contributed by atoms with Gasteiger partial charge in [-0.3, -0.25) is 0 Å². The number of ether oxygens (including phenoxy) is 1. The van der Waals surface area contributed by atoms with Crippen LogP contribution in [0.5, 0.6) is 0 Å². The van der Waals surface area contributed by atoms with Crippen molar-refractivity contribution in [2.45, 2.75) is 78.2 Å². The minimum atomic E-state index is -1.49. The fourth-order valence-electron chi connectivity index (χ4n) is 3.24. The second kappa shape index (κ2) is 6.17. The van der Waals surface area contributed by atoms with E-state index in [4.69, 9.17) is 4.74 Å². The van der Waals surface area contributed by atoms with E-state index in [9.17, 15) is 4.79 Å². The van der Waals surface area contributed by atoms with Gasteiger partial charge < -0.3 is 9.64 Å². The van der Waals surface area contributed by atoms with Crippen LogP contribution in [0.1, 0.15) is 46.2 Å². The van der Waals surface area contributed by atoms with Crippen LogP contribution in [0, 0.1) is 6.92 Å². The maximum absolute atomic E-state index is 12.2. The van der Waals surface area contributed by atoms with Crippen LogP contribution in [0.3, 0.4) is 0 Å². The summed E-state index contributed by atoms with van der Waals surface area (Å²) < 4.78 is 7.57. The van der Waals surface area contributed by atoms with Crippen LogP contribution in [0.25, 0.3) is 0 Å². The summed E-state index contributed by atoms with van der Waals surface area (Å²) >= 11 is 0. The SMILES string of the molecule is Cc1c([Si](C)(C)C)nnn1C1(C)CCN(C(=O)OC(C)(C)C)CC1. The molecule has 0 radical (unpaired) electrons. The molecule has 1 fully saturated rings. The number of amides is 1. The van der Waals surface area contributed by atoms with E-state index < -0.39 is 13.7 Å². The highest BCUT2D eigenvalue weighted by atomic mass is 28.3. The zero-order chi connectivity index (χ0) is 18.3. The van der Waals surface area contributed by atoms with Gasteiger partial charge in [0.1, 0.15) is 13.7 Å². The lowest BCUT2D eigenvalue weighted by Crippen LogP contribution is -2.49. The molecule has 0 unspecified atom stereocenters. The second-order valence-corrected chi connectivity index (χ2v) is 14.1. The van der Waals surface area contributed by atoms with Gasteiger partial charge in [-0.2, -0.15) is 0 Å². The minimum Gasteiger partial charge on any atom is -0.444 e. The van der Waals surface area contributed by atoms with Gasteiger partial charge in [-0.1, -0.05) is 24.9 Å². The van der Waals surface area contributed by atoms with Gasteiger partial charge in [0.05, 0.1) is 16.6 Å². The van der Waals surface area contributed by atoms with Crippen molar-refractivity contribution >= 4 is 19.5 Å².